The number of nitrogens with zero attached hydrogens (tertiary/aromatic N) is 1. The molecule has 1 aromatic carbocycles. The molecule has 5 nitrogen and oxygen atoms in total. The number of nitrogens with one attached hydrogen (secondary N) is 1. The molecule has 0 fully saturated rings. The lowest BCUT2D eigenvalue weighted by molar-refractivity contribution is 0.0501. The van der Waals surface area contributed by atoms with Gasteiger partial charge in [0.15, 0.2) is 0 Å². The van der Waals surface area contributed by atoms with Crippen molar-refractivity contribution in [2.24, 2.45) is 0 Å². The predicted molar refractivity (Wildman–Crippen MR) is 75.7 cm³/mol. The number of amides is 2. The molecule has 0 heterocycles. The zero-order chi connectivity index (χ0) is 14.4. The van der Waals surface area contributed by atoms with Gasteiger partial charge in [0.1, 0.15) is 0 Å². The highest BCUT2D eigenvalue weighted by Gasteiger charge is 2.14. The van der Waals surface area contributed by atoms with Gasteiger partial charge < -0.3 is 20.1 Å². The first-order chi connectivity index (χ1) is 8.93. The van der Waals surface area contributed by atoms with Crippen molar-refractivity contribution >= 4 is 23.3 Å². The van der Waals surface area contributed by atoms with Crippen LogP contribution in [-0.2, 0) is 4.74 Å². The Balaban J connectivity index is 2.58. The number of carbonyl (C=O) groups is 1. The summed E-state index contributed by atoms with van der Waals surface area (Å²) in [5, 5.41) is 12.9. The summed E-state index contributed by atoms with van der Waals surface area (Å²) in [6, 6.07) is 4.94. The molecule has 1 rings (SSSR count). The van der Waals surface area contributed by atoms with Crippen molar-refractivity contribution < 1.29 is 14.6 Å². The fourth-order valence-electron chi connectivity index (χ4n) is 1.62. The van der Waals surface area contributed by atoms with E-state index >= 15 is 0 Å². The molecule has 0 aliphatic heterocycles. The van der Waals surface area contributed by atoms with Crippen molar-refractivity contribution in [1.82, 2.24) is 4.90 Å². The van der Waals surface area contributed by atoms with E-state index in [9.17, 15) is 9.90 Å². The number of aliphatic hydroxyl groups excluding tert-OH is 1. The van der Waals surface area contributed by atoms with E-state index in [2.05, 4.69) is 5.32 Å². The molecule has 19 heavy (non-hydrogen) atoms. The SMILES string of the molecule is COCC(O)CN(C)C(=O)Nc1ccc(Cl)cc1C. The molecule has 0 saturated carbocycles. The van der Waals surface area contributed by atoms with Gasteiger partial charge in [-0.15, -0.1) is 0 Å². The second-order valence-electron chi connectivity index (χ2n) is 4.38. The summed E-state index contributed by atoms with van der Waals surface area (Å²) in [4.78, 5) is 13.3. The Morgan fingerprint density at radius 3 is 2.84 bits per heavy atom. The van der Waals surface area contributed by atoms with Crippen LogP contribution in [0, 0.1) is 6.92 Å². The molecule has 2 amide bonds. The summed E-state index contributed by atoms with van der Waals surface area (Å²) in [7, 11) is 3.11. The number of aryl methyl sites for hydroxylation is 1. The van der Waals surface area contributed by atoms with E-state index in [1.54, 1.807) is 25.2 Å². The molecule has 1 unspecified atom stereocenters. The summed E-state index contributed by atoms with van der Waals surface area (Å²) in [6.07, 6.45) is -0.702. The molecule has 0 aromatic heterocycles. The molecule has 106 valence electrons. The number of halogens is 1. The van der Waals surface area contributed by atoms with Crippen LogP contribution in [0.4, 0.5) is 10.5 Å². The maximum atomic E-state index is 11.9. The Morgan fingerprint density at radius 1 is 1.58 bits per heavy atom. The average Bonchev–Trinajstić information content (AvgIpc) is 2.32. The quantitative estimate of drug-likeness (QED) is 0.871. The van der Waals surface area contributed by atoms with Crippen LogP contribution in [0.1, 0.15) is 5.56 Å². The molecular formula is C13H19ClN2O3. The first-order valence-corrected chi connectivity index (χ1v) is 6.27. The summed E-state index contributed by atoms with van der Waals surface area (Å²) >= 11 is 5.85. The lowest BCUT2D eigenvalue weighted by Crippen LogP contribution is -2.38. The van der Waals surface area contributed by atoms with Crippen molar-refractivity contribution in [2.45, 2.75) is 13.0 Å². The van der Waals surface area contributed by atoms with Crippen molar-refractivity contribution in [3.05, 3.63) is 28.8 Å². The number of ether oxygens (including phenoxy) is 1. The number of anilines is 1. The third-order valence-electron chi connectivity index (χ3n) is 2.62. The first-order valence-electron chi connectivity index (χ1n) is 5.89. The van der Waals surface area contributed by atoms with Crippen molar-refractivity contribution in [3.63, 3.8) is 0 Å². The Kier molecular flexibility index (Phi) is 6.08. The molecule has 0 aliphatic rings. The topological polar surface area (TPSA) is 61.8 Å². The van der Waals surface area contributed by atoms with Crippen molar-refractivity contribution in [3.8, 4) is 0 Å². The lowest BCUT2D eigenvalue weighted by Gasteiger charge is -2.21. The molecule has 2 N–H and O–H groups in total. The number of hydrogen-bond donors (Lipinski definition) is 2. The number of aliphatic hydroxyl groups is 1. The fraction of sp³-hybridized carbons (Fsp3) is 0.462. The molecule has 1 atom stereocenters. The number of hydrogen-bond acceptors (Lipinski definition) is 3. The average molecular weight is 287 g/mol. The maximum absolute atomic E-state index is 11.9. The van der Waals surface area contributed by atoms with E-state index in [4.69, 9.17) is 16.3 Å². The summed E-state index contributed by atoms with van der Waals surface area (Å²) < 4.78 is 4.81. The van der Waals surface area contributed by atoms with Crippen molar-refractivity contribution in [1.29, 1.82) is 0 Å². The molecular weight excluding hydrogens is 268 g/mol. The van der Waals surface area contributed by atoms with Crippen LogP contribution < -0.4 is 5.32 Å². The Labute approximate surface area is 118 Å². The van der Waals surface area contributed by atoms with E-state index in [1.807, 2.05) is 6.92 Å². The van der Waals surface area contributed by atoms with Crippen LogP contribution in [0.5, 0.6) is 0 Å². The van der Waals surface area contributed by atoms with Gasteiger partial charge in [0.2, 0.25) is 0 Å². The molecule has 0 radical (unpaired) electrons. The van der Waals surface area contributed by atoms with E-state index in [0.29, 0.717) is 10.7 Å². The number of likely N-dealkylation sites (N-methyl/N-ethyl adjacent to an activating group) is 1. The number of rotatable bonds is 5. The van der Waals surface area contributed by atoms with Gasteiger partial charge in [-0.2, -0.15) is 0 Å². The lowest BCUT2D eigenvalue weighted by atomic mass is 10.2. The number of carbonyl (C=O) groups excluding carboxylic acids is 1. The Hall–Kier alpha value is -1.30. The normalized spacial score (nSPS) is 12.1. The standard InChI is InChI=1S/C13H19ClN2O3/c1-9-6-10(14)4-5-12(9)15-13(18)16(2)7-11(17)8-19-3/h4-6,11,17H,7-8H2,1-3H3,(H,15,18). The number of benzene rings is 1. The van der Waals surface area contributed by atoms with E-state index < -0.39 is 6.10 Å². The van der Waals surface area contributed by atoms with Gasteiger partial charge in [0.25, 0.3) is 0 Å². The molecule has 0 aliphatic carbocycles. The minimum atomic E-state index is -0.702. The fourth-order valence-corrected chi connectivity index (χ4v) is 1.85. The zero-order valence-corrected chi connectivity index (χ0v) is 12.1. The third-order valence-corrected chi connectivity index (χ3v) is 2.86. The van der Waals surface area contributed by atoms with Crippen LogP contribution in [-0.4, -0.2) is 49.5 Å². The zero-order valence-electron chi connectivity index (χ0n) is 11.3. The third kappa shape index (κ3) is 5.06. The number of urea groups is 1. The van der Waals surface area contributed by atoms with Gasteiger partial charge in [-0.3, -0.25) is 0 Å². The van der Waals surface area contributed by atoms with E-state index in [0.717, 1.165) is 5.56 Å². The predicted octanol–water partition coefficient (Wildman–Crippen LogP) is 2.12. The van der Waals surface area contributed by atoms with Gasteiger partial charge in [0, 0.05) is 24.9 Å². The van der Waals surface area contributed by atoms with Crippen LogP contribution >= 0.6 is 11.6 Å². The molecule has 0 spiro atoms. The smallest absolute Gasteiger partial charge is 0.321 e. The molecule has 6 heteroatoms. The Morgan fingerprint density at radius 2 is 2.26 bits per heavy atom. The minimum absolute atomic E-state index is 0.192. The molecule has 0 bridgehead atoms. The van der Waals surface area contributed by atoms with Crippen LogP contribution in [0.25, 0.3) is 0 Å². The van der Waals surface area contributed by atoms with Gasteiger partial charge in [0.05, 0.1) is 19.3 Å². The second kappa shape index (κ2) is 7.33. The number of methoxy groups -OCH3 is 1. The van der Waals surface area contributed by atoms with E-state index in [-0.39, 0.29) is 19.2 Å². The van der Waals surface area contributed by atoms with Crippen LogP contribution in [0.3, 0.4) is 0 Å². The Bertz CT molecular complexity index is 440. The van der Waals surface area contributed by atoms with Gasteiger partial charge in [-0.25, -0.2) is 4.79 Å². The second-order valence-corrected chi connectivity index (χ2v) is 4.82. The summed E-state index contributed by atoms with van der Waals surface area (Å²) in [5.41, 5.74) is 1.58. The molecule has 1 aromatic rings. The minimum Gasteiger partial charge on any atom is -0.389 e. The van der Waals surface area contributed by atoms with Crippen LogP contribution in [0.15, 0.2) is 18.2 Å². The first kappa shape index (κ1) is 15.8. The van der Waals surface area contributed by atoms with Crippen LogP contribution in [0.2, 0.25) is 5.02 Å². The summed E-state index contributed by atoms with van der Waals surface area (Å²) in [5.74, 6) is 0. The monoisotopic (exact) mass is 286 g/mol. The van der Waals surface area contributed by atoms with E-state index in [1.165, 1.54) is 12.0 Å². The highest BCUT2D eigenvalue weighted by molar-refractivity contribution is 6.30. The van der Waals surface area contributed by atoms with Gasteiger partial charge >= 0.3 is 6.03 Å². The highest BCUT2D eigenvalue weighted by Crippen LogP contribution is 2.19. The maximum Gasteiger partial charge on any atom is 0.321 e. The van der Waals surface area contributed by atoms with Gasteiger partial charge in [-0.1, -0.05) is 11.6 Å². The largest absolute Gasteiger partial charge is 0.389 e. The summed E-state index contributed by atoms with van der Waals surface area (Å²) in [6.45, 7) is 2.26. The van der Waals surface area contributed by atoms with Crippen molar-refractivity contribution in [2.75, 3.05) is 32.6 Å². The highest BCUT2D eigenvalue weighted by atomic mass is 35.5. The molecule has 0 saturated heterocycles. The van der Waals surface area contributed by atoms with Gasteiger partial charge in [-0.05, 0) is 30.7 Å².